The zero-order valence-electron chi connectivity index (χ0n) is 11.5. The van der Waals surface area contributed by atoms with Crippen molar-refractivity contribution in [1.82, 2.24) is 15.0 Å². The number of aromatic nitrogens is 3. The predicted molar refractivity (Wildman–Crippen MR) is 77.2 cm³/mol. The van der Waals surface area contributed by atoms with Gasteiger partial charge in [-0.25, -0.2) is 4.98 Å². The van der Waals surface area contributed by atoms with Crippen molar-refractivity contribution in [3.63, 3.8) is 0 Å². The lowest BCUT2D eigenvalue weighted by Crippen LogP contribution is -2.11. The van der Waals surface area contributed by atoms with Gasteiger partial charge in [0, 0.05) is 30.7 Å². The fraction of sp³-hybridized carbons (Fsp3) is 0.357. The summed E-state index contributed by atoms with van der Waals surface area (Å²) in [5.74, 6) is 1.51. The van der Waals surface area contributed by atoms with Crippen molar-refractivity contribution in [2.45, 2.75) is 26.8 Å². The van der Waals surface area contributed by atoms with E-state index in [9.17, 15) is 0 Å². The van der Waals surface area contributed by atoms with Gasteiger partial charge in [-0.3, -0.25) is 4.98 Å². The summed E-state index contributed by atoms with van der Waals surface area (Å²) in [6.45, 7) is 6.93. The van der Waals surface area contributed by atoms with Crippen LogP contribution in [0.25, 0.3) is 0 Å². The van der Waals surface area contributed by atoms with Crippen molar-refractivity contribution in [3.8, 4) is 0 Å². The number of nitrogens with one attached hydrogen (secondary N) is 2. The fourth-order valence-corrected chi connectivity index (χ4v) is 1.77. The highest BCUT2D eigenvalue weighted by molar-refractivity contribution is 5.48. The molecule has 0 spiro atoms. The van der Waals surface area contributed by atoms with E-state index in [1.54, 1.807) is 12.4 Å². The van der Waals surface area contributed by atoms with Gasteiger partial charge in [0.2, 0.25) is 5.95 Å². The van der Waals surface area contributed by atoms with Gasteiger partial charge in [0.1, 0.15) is 5.82 Å². The van der Waals surface area contributed by atoms with E-state index in [0.717, 1.165) is 17.9 Å². The monoisotopic (exact) mass is 257 g/mol. The number of hydrogen-bond donors (Lipinski definition) is 2. The van der Waals surface area contributed by atoms with Crippen LogP contribution in [-0.4, -0.2) is 21.5 Å². The number of rotatable bonds is 5. The Kier molecular flexibility index (Phi) is 4.28. The topological polar surface area (TPSA) is 62.7 Å². The van der Waals surface area contributed by atoms with Gasteiger partial charge >= 0.3 is 0 Å². The molecule has 1 unspecified atom stereocenters. The maximum absolute atomic E-state index is 4.48. The molecule has 5 heteroatoms. The highest BCUT2D eigenvalue weighted by Gasteiger charge is 2.09. The van der Waals surface area contributed by atoms with E-state index >= 15 is 0 Å². The first-order valence-corrected chi connectivity index (χ1v) is 6.44. The van der Waals surface area contributed by atoms with Crippen LogP contribution in [0.3, 0.4) is 0 Å². The lowest BCUT2D eigenvalue weighted by molar-refractivity contribution is 0.864. The minimum absolute atomic E-state index is 0.172. The summed E-state index contributed by atoms with van der Waals surface area (Å²) in [6.07, 6.45) is 5.42. The van der Waals surface area contributed by atoms with Gasteiger partial charge in [0.15, 0.2) is 0 Å². The first kappa shape index (κ1) is 13.3. The normalized spacial score (nSPS) is 11.9. The van der Waals surface area contributed by atoms with Crippen LogP contribution in [0.4, 0.5) is 11.8 Å². The first-order valence-electron chi connectivity index (χ1n) is 6.44. The number of hydrogen-bond acceptors (Lipinski definition) is 5. The molecule has 2 aromatic rings. The highest BCUT2D eigenvalue weighted by atomic mass is 15.1. The summed E-state index contributed by atoms with van der Waals surface area (Å²) in [7, 11) is 0. The summed E-state index contributed by atoms with van der Waals surface area (Å²) >= 11 is 0. The molecule has 0 amide bonds. The van der Waals surface area contributed by atoms with Crippen molar-refractivity contribution < 1.29 is 0 Å². The molecule has 0 saturated heterocycles. The van der Waals surface area contributed by atoms with Crippen molar-refractivity contribution >= 4 is 11.8 Å². The van der Waals surface area contributed by atoms with Crippen LogP contribution >= 0.6 is 0 Å². The fourth-order valence-electron chi connectivity index (χ4n) is 1.77. The van der Waals surface area contributed by atoms with E-state index in [-0.39, 0.29) is 6.04 Å². The Morgan fingerprint density at radius 2 is 2.00 bits per heavy atom. The van der Waals surface area contributed by atoms with Crippen LogP contribution in [0.15, 0.2) is 30.7 Å². The molecule has 2 aromatic heterocycles. The minimum Gasteiger partial charge on any atom is -0.363 e. The van der Waals surface area contributed by atoms with E-state index in [1.165, 1.54) is 5.56 Å². The number of pyridine rings is 1. The maximum Gasteiger partial charge on any atom is 0.224 e. The van der Waals surface area contributed by atoms with Crippen LogP contribution in [0, 0.1) is 6.92 Å². The second kappa shape index (κ2) is 6.13. The van der Waals surface area contributed by atoms with Crippen LogP contribution in [0.5, 0.6) is 0 Å². The molecule has 0 bridgehead atoms. The Morgan fingerprint density at radius 3 is 2.68 bits per heavy atom. The van der Waals surface area contributed by atoms with Crippen molar-refractivity contribution in [2.75, 3.05) is 17.2 Å². The van der Waals surface area contributed by atoms with Crippen LogP contribution in [0.2, 0.25) is 0 Å². The number of aryl methyl sites for hydroxylation is 1. The molecule has 5 nitrogen and oxygen atoms in total. The molecular formula is C14H19N5. The third-order valence-electron chi connectivity index (χ3n) is 2.87. The Hall–Kier alpha value is -2.17. The lowest BCUT2D eigenvalue weighted by Gasteiger charge is -2.16. The third kappa shape index (κ3) is 3.40. The van der Waals surface area contributed by atoms with Crippen molar-refractivity contribution in [2.24, 2.45) is 0 Å². The largest absolute Gasteiger partial charge is 0.363 e. The second-order valence-electron chi connectivity index (χ2n) is 4.40. The zero-order valence-corrected chi connectivity index (χ0v) is 11.5. The average molecular weight is 257 g/mol. The maximum atomic E-state index is 4.48. The smallest absolute Gasteiger partial charge is 0.224 e. The molecule has 0 aromatic carbocycles. The Morgan fingerprint density at radius 1 is 1.26 bits per heavy atom. The molecule has 2 rings (SSSR count). The Labute approximate surface area is 113 Å². The van der Waals surface area contributed by atoms with Crippen molar-refractivity contribution in [3.05, 3.63) is 41.9 Å². The molecule has 100 valence electrons. The Balaban J connectivity index is 2.16. The molecule has 0 aliphatic rings. The summed E-state index contributed by atoms with van der Waals surface area (Å²) in [5.41, 5.74) is 2.21. The summed E-state index contributed by atoms with van der Waals surface area (Å²) < 4.78 is 0. The number of anilines is 2. The van der Waals surface area contributed by atoms with E-state index in [2.05, 4.69) is 32.5 Å². The van der Waals surface area contributed by atoms with Crippen molar-refractivity contribution in [1.29, 1.82) is 0 Å². The standard InChI is InChI=1S/C14H19N5/c1-4-16-14-17-9-10(2)13(19-14)18-11(3)12-5-7-15-8-6-12/h5-9,11H,4H2,1-3H3,(H2,16,17,18,19). The highest BCUT2D eigenvalue weighted by Crippen LogP contribution is 2.20. The molecule has 0 saturated carbocycles. The van der Waals surface area contributed by atoms with E-state index < -0.39 is 0 Å². The van der Waals surface area contributed by atoms with Crippen LogP contribution < -0.4 is 10.6 Å². The van der Waals surface area contributed by atoms with Gasteiger partial charge in [-0.2, -0.15) is 4.98 Å². The molecule has 0 aliphatic carbocycles. The van der Waals surface area contributed by atoms with E-state index in [0.29, 0.717) is 5.95 Å². The molecule has 0 radical (unpaired) electrons. The van der Waals surface area contributed by atoms with Gasteiger partial charge in [0.05, 0.1) is 6.04 Å². The van der Waals surface area contributed by atoms with Gasteiger partial charge in [-0.15, -0.1) is 0 Å². The van der Waals surface area contributed by atoms with Gasteiger partial charge in [-0.05, 0) is 38.5 Å². The SMILES string of the molecule is CCNc1ncc(C)c(NC(C)c2ccncc2)n1. The molecular weight excluding hydrogens is 238 g/mol. The van der Waals surface area contributed by atoms with Crippen LogP contribution in [0.1, 0.15) is 31.0 Å². The molecule has 2 N–H and O–H groups in total. The minimum atomic E-state index is 0.172. The van der Waals surface area contributed by atoms with Gasteiger partial charge < -0.3 is 10.6 Å². The summed E-state index contributed by atoms with van der Waals surface area (Å²) in [4.78, 5) is 12.7. The molecule has 19 heavy (non-hydrogen) atoms. The summed E-state index contributed by atoms with van der Waals surface area (Å²) in [5, 5.41) is 6.52. The molecule has 0 aliphatic heterocycles. The predicted octanol–water partition coefficient (Wildman–Crippen LogP) is 2.78. The molecule has 2 heterocycles. The van der Waals surface area contributed by atoms with E-state index in [1.807, 2.05) is 32.2 Å². The molecule has 0 fully saturated rings. The summed E-state index contributed by atoms with van der Waals surface area (Å²) in [6, 6.07) is 4.17. The zero-order chi connectivity index (χ0) is 13.7. The second-order valence-corrected chi connectivity index (χ2v) is 4.40. The molecule has 1 atom stereocenters. The third-order valence-corrected chi connectivity index (χ3v) is 2.87. The van der Waals surface area contributed by atoms with E-state index in [4.69, 9.17) is 0 Å². The lowest BCUT2D eigenvalue weighted by atomic mass is 10.1. The average Bonchev–Trinajstić information content (AvgIpc) is 2.44. The quantitative estimate of drug-likeness (QED) is 0.862. The Bertz CT molecular complexity index is 527. The van der Waals surface area contributed by atoms with Crippen LogP contribution in [-0.2, 0) is 0 Å². The first-order chi connectivity index (χ1) is 9.20. The van der Waals surface area contributed by atoms with Gasteiger partial charge in [0.25, 0.3) is 0 Å². The number of nitrogens with zero attached hydrogens (tertiary/aromatic N) is 3. The van der Waals surface area contributed by atoms with Gasteiger partial charge in [-0.1, -0.05) is 0 Å².